The van der Waals surface area contributed by atoms with Crippen molar-refractivity contribution in [3.63, 3.8) is 0 Å². The molecule has 6 nitrogen and oxygen atoms in total. The summed E-state index contributed by atoms with van der Waals surface area (Å²) < 4.78 is 10.7. The highest BCUT2D eigenvalue weighted by atomic mass is 16.5. The van der Waals surface area contributed by atoms with Crippen LogP contribution in [0.25, 0.3) is 0 Å². The van der Waals surface area contributed by atoms with E-state index in [9.17, 15) is 9.90 Å². The number of phenolic OH excluding ortho intramolecular Hbond substituents is 1. The fourth-order valence-electron chi connectivity index (χ4n) is 2.37. The molecule has 0 radical (unpaired) electrons. The second-order valence-electron chi connectivity index (χ2n) is 6.11. The number of ether oxygens (including phenoxy) is 2. The molecule has 0 aliphatic heterocycles. The number of phenols is 1. The number of hydrazone groups is 1. The molecular formula is C21H26N2O4. The number of hydrogen-bond acceptors (Lipinski definition) is 5. The van der Waals surface area contributed by atoms with Crippen LogP contribution in [-0.4, -0.2) is 30.4 Å². The van der Waals surface area contributed by atoms with Gasteiger partial charge < -0.3 is 14.6 Å². The monoisotopic (exact) mass is 370 g/mol. The molecule has 1 atom stereocenters. The highest BCUT2D eigenvalue weighted by Gasteiger charge is 2.05. The van der Waals surface area contributed by atoms with Crippen molar-refractivity contribution in [1.29, 1.82) is 0 Å². The van der Waals surface area contributed by atoms with Gasteiger partial charge in [0.25, 0.3) is 5.91 Å². The number of benzene rings is 2. The summed E-state index contributed by atoms with van der Waals surface area (Å²) in [4.78, 5) is 11.8. The quantitative estimate of drug-likeness (QED) is 0.519. The summed E-state index contributed by atoms with van der Waals surface area (Å²) in [6.07, 6.45) is 2.44. The Hall–Kier alpha value is -3.02. The highest BCUT2D eigenvalue weighted by Crippen LogP contribution is 2.22. The Kier molecular flexibility index (Phi) is 7.67. The van der Waals surface area contributed by atoms with Crippen LogP contribution in [0.15, 0.2) is 47.6 Å². The number of amides is 1. The lowest BCUT2D eigenvalue weighted by atomic mass is 9.99. The Morgan fingerprint density at radius 3 is 2.48 bits per heavy atom. The molecule has 2 aromatic rings. The normalized spacial score (nSPS) is 12.0. The molecule has 1 amide bonds. The Morgan fingerprint density at radius 1 is 1.15 bits per heavy atom. The number of carbonyl (C=O) groups excluding carboxylic acids is 1. The smallest absolute Gasteiger partial charge is 0.277 e. The van der Waals surface area contributed by atoms with Crippen molar-refractivity contribution in [2.45, 2.75) is 33.1 Å². The number of rotatable bonds is 9. The summed E-state index contributed by atoms with van der Waals surface area (Å²) in [5.74, 6) is 1.34. The van der Waals surface area contributed by atoms with E-state index in [0.717, 1.165) is 6.42 Å². The largest absolute Gasteiger partial charge is 0.507 e. The molecule has 0 saturated heterocycles. The highest BCUT2D eigenvalue weighted by molar-refractivity contribution is 5.85. The zero-order valence-corrected chi connectivity index (χ0v) is 15.9. The molecule has 144 valence electrons. The van der Waals surface area contributed by atoms with E-state index in [-0.39, 0.29) is 18.3 Å². The molecule has 0 fully saturated rings. The number of hydrogen-bond donors (Lipinski definition) is 2. The van der Waals surface area contributed by atoms with Gasteiger partial charge in [0.15, 0.2) is 6.61 Å². The maximum Gasteiger partial charge on any atom is 0.277 e. The van der Waals surface area contributed by atoms with Gasteiger partial charge in [0.1, 0.15) is 17.2 Å². The van der Waals surface area contributed by atoms with Crippen LogP contribution >= 0.6 is 0 Å². The molecule has 0 unspecified atom stereocenters. The van der Waals surface area contributed by atoms with Crippen LogP contribution in [0.3, 0.4) is 0 Å². The number of carbonyl (C=O) groups is 1. The van der Waals surface area contributed by atoms with Crippen LogP contribution in [0.2, 0.25) is 0 Å². The van der Waals surface area contributed by atoms with Gasteiger partial charge in [-0.15, -0.1) is 0 Å². The summed E-state index contributed by atoms with van der Waals surface area (Å²) in [5, 5.41) is 13.7. The summed E-state index contributed by atoms with van der Waals surface area (Å²) >= 11 is 0. The minimum atomic E-state index is -0.386. The minimum absolute atomic E-state index is 0.0246. The van der Waals surface area contributed by atoms with Crippen LogP contribution in [0.4, 0.5) is 0 Å². The summed E-state index contributed by atoms with van der Waals surface area (Å²) in [7, 11) is 0. The van der Waals surface area contributed by atoms with Gasteiger partial charge in [-0.1, -0.05) is 26.0 Å². The van der Waals surface area contributed by atoms with Gasteiger partial charge in [-0.05, 0) is 49.1 Å². The molecule has 2 aromatic carbocycles. The molecule has 0 bridgehead atoms. The first-order valence-corrected chi connectivity index (χ1v) is 9.04. The van der Waals surface area contributed by atoms with Crippen LogP contribution in [0.1, 0.15) is 44.2 Å². The average molecular weight is 370 g/mol. The van der Waals surface area contributed by atoms with E-state index in [4.69, 9.17) is 9.47 Å². The second kappa shape index (κ2) is 10.2. The first-order valence-electron chi connectivity index (χ1n) is 9.04. The van der Waals surface area contributed by atoms with E-state index in [1.807, 2.05) is 31.2 Å². The summed E-state index contributed by atoms with van der Waals surface area (Å²) in [6, 6.07) is 12.6. The maximum absolute atomic E-state index is 11.8. The Balaban J connectivity index is 1.81. The SMILES string of the molecule is CCOc1ccc(/C=N\NC(=O)COc2ccc([C@H](C)CC)cc2)c(O)c1. The molecule has 2 N–H and O–H groups in total. The Bertz CT molecular complexity index is 772. The van der Waals surface area contributed by atoms with E-state index in [1.165, 1.54) is 17.8 Å². The van der Waals surface area contributed by atoms with E-state index in [0.29, 0.717) is 29.6 Å². The van der Waals surface area contributed by atoms with Crippen LogP contribution in [0.5, 0.6) is 17.2 Å². The zero-order chi connectivity index (χ0) is 19.6. The van der Waals surface area contributed by atoms with Gasteiger partial charge in [0.05, 0.1) is 12.8 Å². The average Bonchev–Trinajstić information content (AvgIpc) is 2.68. The lowest BCUT2D eigenvalue weighted by molar-refractivity contribution is -0.123. The van der Waals surface area contributed by atoms with Crippen molar-refractivity contribution in [2.24, 2.45) is 5.10 Å². The second-order valence-corrected chi connectivity index (χ2v) is 6.11. The Labute approximate surface area is 159 Å². The van der Waals surface area contributed by atoms with Crippen molar-refractivity contribution < 1.29 is 19.4 Å². The molecular weight excluding hydrogens is 344 g/mol. The van der Waals surface area contributed by atoms with Gasteiger partial charge >= 0.3 is 0 Å². The van der Waals surface area contributed by atoms with E-state index >= 15 is 0 Å². The minimum Gasteiger partial charge on any atom is -0.507 e. The van der Waals surface area contributed by atoms with Crippen molar-refractivity contribution in [3.8, 4) is 17.2 Å². The third-order valence-electron chi connectivity index (χ3n) is 4.14. The third-order valence-corrected chi connectivity index (χ3v) is 4.14. The number of nitrogens with zero attached hydrogens (tertiary/aromatic N) is 1. The number of nitrogens with one attached hydrogen (secondary N) is 1. The molecule has 2 rings (SSSR count). The van der Waals surface area contributed by atoms with Crippen molar-refractivity contribution in [2.75, 3.05) is 13.2 Å². The predicted molar refractivity (Wildman–Crippen MR) is 106 cm³/mol. The molecule has 0 aliphatic rings. The van der Waals surface area contributed by atoms with Gasteiger partial charge in [0, 0.05) is 11.6 Å². The van der Waals surface area contributed by atoms with Crippen LogP contribution in [-0.2, 0) is 4.79 Å². The van der Waals surface area contributed by atoms with Crippen molar-refractivity contribution in [1.82, 2.24) is 5.43 Å². The molecule has 0 spiro atoms. The fraction of sp³-hybridized carbons (Fsp3) is 0.333. The van der Waals surface area contributed by atoms with Crippen molar-refractivity contribution >= 4 is 12.1 Å². The topological polar surface area (TPSA) is 80.2 Å². The standard InChI is InChI=1S/C21H26N2O4/c1-4-15(3)16-6-9-18(10-7-16)27-14-21(25)23-22-13-17-8-11-19(26-5-2)12-20(17)24/h6-13,15,24H,4-5,14H2,1-3H3,(H,23,25)/b22-13-/t15-/m1/s1. The van der Waals surface area contributed by atoms with Gasteiger partial charge in [0.2, 0.25) is 0 Å². The summed E-state index contributed by atoms with van der Waals surface area (Å²) in [6.45, 7) is 6.55. The molecule has 0 aliphatic carbocycles. The van der Waals surface area contributed by atoms with E-state index < -0.39 is 0 Å². The predicted octanol–water partition coefficient (Wildman–Crippen LogP) is 3.83. The van der Waals surface area contributed by atoms with Gasteiger partial charge in [-0.3, -0.25) is 4.79 Å². The lowest BCUT2D eigenvalue weighted by Gasteiger charge is -2.10. The fourth-order valence-corrected chi connectivity index (χ4v) is 2.37. The molecule has 0 saturated carbocycles. The first kappa shape index (κ1) is 20.3. The molecule has 0 aromatic heterocycles. The maximum atomic E-state index is 11.8. The van der Waals surface area contributed by atoms with Crippen LogP contribution in [0, 0.1) is 0 Å². The van der Waals surface area contributed by atoms with Crippen LogP contribution < -0.4 is 14.9 Å². The molecule has 0 heterocycles. The number of aromatic hydroxyl groups is 1. The zero-order valence-electron chi connectivity index (χ0n) is 15.9. The molecule has 27 heavy (non-hydrogen) atoms. The van der Waals surface area contributed by atoms with Gasteiger partial charge in [-0.25, -0.2) is 5.43 Å². The molecule has 6 heteroatoms. The third kappa shape index (κ3) is 6.33. The Morgan fingerprint density at radius 2 is 1.85 bits per heavy atom. The lowest BCUT2D eigenvalue weighted by Crippen LogP contribution is -2.24. The van der Waals surface area contributed by atoms with Crippen molar-refractivity contribution in [3.05, 3.63) is 53.6 Å². The summed E-state index contributed by atoms with van der Waals surface area (Å²) in [5.41, 5.74) is 4.09. The first-order chi connectivity index (χ1) is 13.0. The van der Waals surface area contributed by atoms with E-state index in [2.05, 4.69) is 24.4 Å². The van der Waals surface area contributed by atoms with Gasteiger partial charge in [-0.2, -0.15) is 5.10 Å². The van der Waals surface area contributed by atoms with E-state index in [1.54, 1.807) is 12.1 Å².